The summed E-state index contributed by atoms with van der Waals surface area (Å²) >= 11 is 0. The van der Waals surface area contributed by atoms with Gasteiger partial charge in [-0.05, 0) is 32.9 Å². The second-order valence-electron chi connectivity index (χ2n) is 3.81. The van der Waals surface area contributed by atoms with Gasteiger partial charge < -0.3 is 15.6 Å². The van der Waals surface area contributed by atoms with Crippen molar-refractivity contribution in [3.05, 3.63) is 17.5 Å². The van der Waals surface area contributed by atoms with Crippen LogP contribution in [0.15, 0.2) is 10.6 Å². The summed E-state index contributed by atoms with van der Waals surface area (Å²) in [5.41, 5.74) is 6.39. The first kappa shape index (κ1) is 12.2. The van der Waals surface area contributed by atoms with E-state index >= 15 is 0 Å². The Morgan fingerprint density at radius 2 is 2.13 bits per heavy atom. The number of nitrogens with one attached hydrogen (secondary N) is 1. The lowest BCUT2D eigenvalue weighted by Gasteiger charge is -2.01. The monoisotopic (exact) mass is 211 g/mol. The smallest absolute Gasteiger partial charge is 0.133 e. The molecule has 1 aromatic heterocycles. The molecule has 0 aliphatic rings. The average molecular weight is 211 g/mol. The molecule has 4 nitrogen and oxygen atoms in total. The molecular formula is C11H21N3O. The number of hydrogen-bond acceptors (Lipinski definition) is 4. The van der Waals surface area contributed by atoms with E-state index in [4.69, 9.17) is 10.3 Å². The van der Waals surface area contributed by atoms with E-state index in [-0.39, 0.29) is 0 Å². The molecule has 0 fully saturated rings. The van der Waals surface area contributed by atoms with E-state index in [1.165, 1.54) is 19.3 Å². The number of nitrogens with two attached hydrogens (primary N) is 1. The second kappa shape index (κ2) is 7.43. The van der Waals surface area contributed by atoms with Crippen LogP contribution >= 0.6 is 0 Å². The van der Waals surface area contributed by atoms with E-state index in [0.29, 0.717) is 0 Å². The molecule has 0 aliphatic carbocycles. The molecule has 0 saturated carbocycles. The van der Waals surface area contributed by atoms with Crippen LogP contribution in [-0.2, 0) is 6.54 Å². The van der Waals surface area contributed by atoms with Crippen molar-refractivity contribution in [3.8, 4) is 0 Å². The van der Waals surface area contributed by atoms with Crippen LogP contribution in [-0.4, -0.2) is 18.2 Å². The van der Waals surface area contributed by atoms with E-state index < -0.39 is 0 Å². The maximum atomic E-state index is 5.41. The summed E-state index contributed by atoms with van der Waals surface area (Å²) in [4.78, 5) is 0. The van der Waals surface area contributed by atoms with Gasteiger partial charge in [0.15, 0.2) is 0 Å². The molecule has 86 valence electrons. The van der Waals surface area contributed by atoms with Gasteiger partial charge in [0, 0.05) is 12.6 Å². The molecule has 0 bridgehead atoms. The van der Waals surface area contributed by atoms with Gasteiger partial charge in [-0.1, -0.05) is 18.0 Å². The SMILES string of the molecule is Cc1cc(CNCCCCCCN)no1. The molecule has 1 rings (SSSR count). The fourth-order valence-corrected chi connectivity index (χ4v) is 1.47. The van der Waals surface area contributed by atoms with Crippen LogP contribution in [0.2, 0.25) is 0 Å². The van der Waals surface area contributed by atoms with Crippen molar-refractivity contribution in [3.63, 3.8) is 0 Å². The summed E-state index contributed by atoms with van der Waals surface area (Å²) in [6.45, 7) is 4.56. The van der Waals surface area contributed by atoms with Crippen LogP contribution in [0, 0.1) is 6.92 Å². The zero-order chi connectivity index (χ0) is 10.9. The Morgan fingerprint density at radius 1 is 1.33 bits per heavy atom. The highest BCUT2D eigenvalue weighted by molar-refractivity contribution is 5.02. The van der Waals surface area contributed by atoms with E-state index in [9.17, 15) is 0 Å². The maximum absolute atomic E-state index is 5.41. The van der Waals surface area contributed by atoms with Gasteiger partial charge in [-0.3, -0.25) is 0 Å². The lowest BCUT2D eigenvalue weighted by atomic mass is 10.2. The Kier molecular flexibility index (Phi) is 6.04. The Labute approximate surface area is 91.2 Å². The molecule has 1 heterocycles. The fraction of sp³-hybridized carbons (Fsp3) is 0.727. The molecule has 0 radical (unpaired) electrons. The minimum atomic E-state index is 0.800. The average Bonchev–Trinajstić information content (AvgIpc) is 2.63. The van der Waals surface area contributed by atoms with Gasteiger partial charge in [-0.25, -0.2) is 0 Å². The molecule has 0 atom stereocenters. The van der Waals surface area contributed by atoms with Crippen molar-refractivity contribution < 1.29 is 4.52 Å². The molecule has 3 N–H and O–H groups in total. The van der Waals surface area contributed by atoms with Gasteiger partial charge in [0.1, 0.15) is 5.76 Å². The Morgan fingerprint density at radius 3 is 2.80 bits per heavy atom. The third-order valence-electron chi connectivity index (χ3n) is 2.29. The van der Waals surface area contributed by atoms with Crippen LogP contribution in [0.1, 0.15) is 37.1 Å². The lowest BCUT2D eigenvalue weighted by molar-refractivity contribution is 0.388. The number of aromatic nitrogens is 1. The highest BCUT2D eigenvalue weighted by atomic mass is 16.5. The summed E-state index contributed by atoms with van der Waals surface area (Å²) in [5, 5.41) is 7.25. The summed E-state index contributed by atoms with van der Waals surface area (Å²) in [7, 11) is 0. The number of nitrogens with zero attached hydrogens (tertiary/aromatic N) is 1. The van der Waals surface area contributed by atoms with Gasteiger partial charge >= 0.3 is 0 Å². The quantitative estimate of drug-likeness (QED) is 0.641. The van der Waals surface area contributed by atoms with Crippen LogP contribution in [0.5, 0.6) is 0 Å². The molecule has 15 heavy (non-hydrogen) atoms. The van der Waals surface area contributed by atoms with Gasteiger partial charge in [0.25, 0.3) is 0 Å². The van der Waals surface area contributed by atoms with Gasteiger partial charge in [0.05, 0.1) is 5.69 Å². The largest absolute Gasteiger partial charge is 0.361 e. The van der Waals surface area contributed by atoms with Crippen LogP contribution in [0.4, 0.5) is 0 Å². The Hall–Kier alpha value is -0.870. The number of hydrogen-bond donors (Lipinski definition) is 2. The van der Waals surface area contributed by atoms with Crippen molar-refractivity contribution in [1.29, 1.82) is 0 Å². The van der Waals surface area contributed by atoms with Crippen LogP contribution < -0.4 is 11.1 Å². The predicted octanol–water partition coefficient (Wildman–Crippen LogP) is 1.59. The summed E-state index contributed by atoms with van der Waals surface area (Å²) in [6, 6.07) is 1.96. The zero-order valence-electron chi connectivity index (χ0n) is 9.46. The van der Waals surface area contributed by atoms with Crippen molar-refractivity contribution >= 4 is 0 Å². The molecule has 0 aromatic carbocycles. The molecular weight excluding hydrogens is 190 g/mol. The normalized spacial score (nSPS) is 10.8. The molecule has 0 aliphatic heterocycles. The first-order chi connectivity index (χ1) is 7.33. The van der Waals surface area contributed by atoms with Crippen LogP contribution in [0.25, 0.3) is 0 Å². The highest BCUT2D eigenvalue weighted by Crippen LogP contribution is 2.01. The molecule has 4 heteroatoms. The second-order valence-corrected chi connectivity index (χ2v) is 3.81. The topological polar surface area (TPSA) is 64.1 Å². The first-order valence-corrected chi connectivity index (χ1v) is 5.66. The van der Waals surface area contributed by atoms with Gasteiger partial charge in [-0.2, -0.15) is 0 Å². The third kappa shape index (κ3) is 5.54. The zero-order valence-corrected chi connectivity index (χ0v) is 9.46. The van der Waals surface area contributed by atoms with Crippen LogP contribution in [0.3, 0.4) is 0 Å². The van der Waals surface area contributed by atoms with E-state index in [2.05, 4.69) is 10.5 Å². The predicted molar refractivity (Wildman–Crippen MR) is 60.5 cm³/mol. The molecule has 0 amide bonds. The minimum absolute atomic E-state index is 0.800. The fourth-order valence-electron chi connectivity index (χ4n) is 1.47. The number of unbranched alkanes of at least 4 members (excludes halogenated alkanes) is 3. The Balaban J connectivity index is 1.93. The van der Waals surface area contributed by atoms with Gasteiger partial charge in [-0.15, -0.1) is 0 Å². The molecule has 1 aromatic rings. The third-order valence-corrected chi connectivity index (χ3v) is 2.29. The van der Waals surface area contributed by atoms with E-state index in [1.807, 2.05) is 13.0 Å². The molecule has 0 saturated heterocycles. The summed E-state index contributed by atoms with van der Waals surface area (Å²) in [6.07, 6.45) is 4.84. The highest BCUT2D eigenvalue weighted by Gasteiger charge is 1.98. The Bertz CT molecular complexity index is 260. The standard InChI is InChI=1S/C11H21N3O/c1-10-8-11(14-15-10)9-13-7-5-3-2-4-6-12/h8,13H,2-7,9,12H2,1H3. The molecule has 0 spiro atoms. The van der Waals surface area contributed by atoms with Crippen molar-refractivity contribution in [2.75, 3.05) is 13.1 Å². The van der Waals surface area contributed by atoms with Crippen molar-refractivity contribution in [2.24, 2.45) is 5.73 Å². The van der Waals surface area contributed by atoms with Crippen molar-refractivity contribution in [2.45, 2.75) is 39.2 Å². The van der Waals surface area contributed by atoms with Gasteiger partial charge in [0.2, 0.25) is 0 Å². The van der Waals surface area contributed by atoms with Crippen molar-refractivity contribution in [1.82, 2.24) is 10.5 Å². The maximum Gasteiger partial charge on any atom is 0.133 e. The minimum Gasteiger partial charge on any atom is -0.361 e. The molecule has 0 unspecified atom stereocenters. The van der Waals surface area contributed by atoms with E-state index in [0.717, 1.165) is 37.5 Å². The summed E-state index contributed by atoms with van der Waals surface area (Å²) < 4.78 is 4.97. The van der Waals surface area contributed by atoms with E-state index in [1.54, 1.807) is 0 Å². The lowest BCUT2D eigenvalue weighted by Crippen LogP contribution is -2.14. The summed E-state index contributed by atoms with van der Waals surface area (Å²) in [5.74, 6) is 0.870. The first-order valence-electron chi connectivity index (χ1n) is 5.66. The number of rotatable bonds is 8. The number of aryl methyl sites for hydroxylation is 1.